The summed E-state index contributed by atoms with van der Waals surface area (Å²) in [4.78, 5) is 22.5. The van der Waals surface area contributed by atoms with E-state index >= 15 is 0 Å². The average Bonchev–Trinajstić information content (AvgIpc) is 3.28. The van der Waals surface area contributed by atoms with E-state index in [1.165, 1.54) is 12.1 Å². The number of halogens is 1. The minimum atomic E-state index is -0.917. The summed E-state index contributed by atoms with van der Waals surface area (Å²) in [6.07, 6.45) is 7.80. The summed E-state index contributed by atoms with van der Waals surface area (Å²) in [6, 6.07) is 16.5. The minimum Gasteiger partial charge on any atom is -0.494 e. The molecule has 8 heteroatoms. The molecule has 7 nitrogen and oxygen atoms in total. The first kappa shape index (κ1) is 30.4. The molecule has 4 rings (SSSR count). The Labute approximate surface area is 244 Å². The minimum absolute atomic E-state index is 0.0542. The predicted molar refractivity (Wildman–Crippen MR) is 162 cm³/mol. The molecule has 4 aromatic rings. The molecule has 0 aliphatic rings. The van der Waals surface area contributed by atoms with Crippen molar-refractivity contribution in [2.24, 2.45) is 0 Å². The van der Waals surface area contributed by atoms with Crippen molar-refractivity contribution in [3.8, 4) is 11.5 Å². The van der Waals surface area contributed by atoms with Gasteiger partial charge in [0.2, 0.25) is 0 Å². The van der Waals surface area contributed by atoms with Gasteiger partial charge >= 0.3 is 11.9 Å². The number of carboxylic acids is 2. The largest absolute Gasteiger partial charge is 0.494 e. The number of aromatic nitrogens is 1. The van der Waals surface area contributed by atoms with Gasteiger partial charge in [-0.1, -0.05) is 36.4 Å². The number of aliphatic carboxylic acids is 2. The zero-order valence-corrected chi connectivity index (χ0v) is 23.9. The highest BCUT2D eigenvalue weighted by atomic mass is 19.1. The molecule has 0 saturated heterocycles. The van der Waals surface area contributed by atoms with Gasteiger partial charge in [-0.05, 0) is 91.3 Å². The van der Waals surface area contributed by atoms with E-state index < -0.39 is 11.9 Å². The molecule has 1 aromatic heterocycles. The summed E-state index contributed by atoms with van der Waals surface area (Å²) in [7, 11) is 0. The number of benzene rings is 3. The van der Waals surface area contributed by atoms with E-state index in [9.17, 15) is 19.1 Å². The van der Waals surface area contributed by atoms with Gasteiger partial charge in [-0.15, -0.1) is 0 Å². The molecule has 0 fully saturated rings. The fraction of sp³-hybridized carbons (Fsp3) is 0.294. The van der Waals surface area contributed by atoms with Crippen LogP contribution in [0.2, 0.25) is 0 Å². The van der Waals surface area contributed by atoms with E-state index in [1.54, 1.807) is 0 Å². The van der Waals surface area contributed by atoms with E-state index in [-0.39, 0.29) is 18.7 Å². The van der Waals surface area contributed by atoms with E-state index in [2.05, 4.69) is 0 Å². The molecule has 2 N–H and O–H groups in total. The van der Waals surface area contributed by atoms with Crippen LogP contribution in [-0.4, -0.2) is 39.9 Å². The van der Waals surface area contributed by atoms with Crippen molar-refractivity contribution in [1.29, 1.82) is 0 Å². The topological polar surface area (TPSA) is 98.0 Å². The van der Waals surface area contributed by atoms with Crippen LogP contribution in [0.5, 0.6) is 11.5 Å². The summed E-state index contributed by atoms with van der Waals surface area (Å²) in [5.41, 5.74) is 5.04. The Morgan fingerprint density at radius 3 is 2.24 bits per heavy atom. The molecular formula is C34H36FNO6. The molecule has 0 aliphatic carbocycles. The van der Waals surface area contributed by atoms with E-state index in [1.807, 2.05) is 79.2 Å². The molecule has 0 saturated carbocycles. The number of hydrogen-bond acceptors (Lipinski definition) is 4. The van der Waals surface area contributed by atoms with Gasteiger partial charge in [0, 0.05) is 30.1 Å². The lowest BCUT2D eigenvalue weighted by molar-refractivity contribution is -0.137. The third-order valence-corrected chi connectivity index (χ3v) is 6.96. The Bertz CT molecular complexity index is 1550. The number of carboxylic acid groups (broad SMARTS) is 2. The highest BCUT2D eigenvalue weighted by Gasteiger charge is 2.14. The molecule has 0 atom stereocenters. The SMILES string of the molecule is Cc1cc(F)cc(C)c1OCCCCOc1ccc(/C=C/c2cccc3c2c(CC(=O)O)cn3CCCC(=O)O)cc1. The number of carbonyl (C=O) groups is 2. The number of unbranched alkanes of at least 4 members (excludes halogenated alkanes) is 1. The number of aryl methyl sites for hydroxylation is 3. The van der Waals surface area contributed by atoms with Crippen LogP contribution >= 0.6 is 0 Å². The quantitative estimate of drug-likeness (QED) is 0.114. The van der Waals surface area contributed by atoms with Gasteiger partial charge in [0.1, 0.15) is 17.3 Å². The average molecular weight is 574 g/mol. The first-order valence-electron chi connectivity index (χ1n) is 14.1. The molecule has 42 heavy (non-hydrogen) atoms. The van der Waals surface area contributed by atoms with Crippen LogP contribution in [0.4, 0.5) is 4.39 Å². The molecule has 0 amide bonds. The number of fused-ring (bicyclic) bond motifs is 1. The van der Waals surface area contributed by atoms with E-state index in [0.29, 0.717) is 31.7 Å². The van der Waals surface area contributed by atoms with Crippen LogP contribution in [0.3, 0.4) is 0 Å². The molecule has 220 valence electrons. The van der Waals surface area contributed by atoms with Gasteiger partial charge in [-0.3, -0.25) is 9.59 Å². The number of rotatable bonds is 15. The smallest absolute Gasteiger partial charge is 0.307 e. The van der Waals surface area contributed by atoms with Gasteiger partial charge in [-0.25, -0.2) is 4.39 Å². The Kier molecular flexibility index (Phi) is 10.4. The second-order valence-electron chi connectivity index (χ2n) is 10.3. The second kappa shape index (κ2) is 14.3. The fourth-order valence-corrected chi connectivity index (χ4v) is 5.05. The van der Waals surface area contributed by atoms with Gasteiger partial charge in [0.15, 0.2) is 0 Å². The molecule has 3 aromatic carbocycles. The lowest BCUT2D eigenvalue weighted by Crippen LogP contribution is -2.04. The van der Waals surface area contributed by atoms with E-state index in [0.717, 1.165) is 57.5 Å². The summed E-state index contributed by atoms with van der Waals surface area (Å²) >= 11 is 0. The molecule has 1 heterocycles. The predicted octanol–water partition coefficient (Wildman–Crippen LogP) is 7.30. The third kappa shape index (κ3) is 8.22. The maximum atomic E-state index is 13.5. The normalized spacial score (nSPS) is 11.3. The lowest BCUT2D eigenvalue weighted by atomic mass is 10.0. The van der Waals surface area contributed by atoms with Gasteiger partial charge in [0.25, 0.3) is 0 Å². The molecule has 0 unspecified atom stereocenters. The first-order valence-corrected chi connectivity index (χ1v) is 14.1. The summed E-state index contributed by atoms with van der Waals surface area (Å²) < 4.78 is 27.1. The maximum absolute atomic E-state index is 13.5. The maximum Gasteiger partial charge on any atom is 0.307 e. The van der Waals surface area contributed by atoms with Crippen LogP contribution < -0.4 is 9.47 Å². The molecule has 0 bridgehead atoms. The molecule has 0 aliphatic heterocycles. The van der Waals surface area contributed by atoms with E-state index in [4.69, 9.17) is 14.6 Å². The monoisotopic (exact) mass is 573 g/mol. The molecule has 0 radical (unpaired) electrons. The van der Waals surface area contributed by atoms with Crippen molar-refractivity contribution in [3.05, 3.63) is 94.4 Å². The van der Waals surface area contributed by atoms with Crippen molar-refractivity contribution < 1.29 is 33.7 Å². The zero-order chi connectivity index (χ0) is 30.1. The molecule has 0 spiro atoms. The van der Waals surface area contributed by atoms with Gasteiger partial charge in [-0.2, -0.15) is 0 Å². The molecular weight excluding hydrogens is 537 g/mol. The summed E-state index contributed by atoms with van der Waals surface area (Å²) in [5, 5.41) is 19.3. The van der Waals surface area contributed by atoms with Crippen LogP contribution in [0.1, 0.15) is 53.5 Å². The zero-order valence-electron chi connectivity index (χ0n) is 23.9. The van der Waals surface area contributed by atoms with Crippen molar-refractivity contribution in [1.82, 2.24) is 4.57 Å². The standard InChI is InChI=1S/C34H36FNO6/c1-23-19-28(35)20-24(2)34(23)42-18-4-3-17-41-29-14-11-25(12-15-29)10-13-26-7-5-8-30-33(26)27(21-32(39)40)22-36(30)16-6-9-31(37)38/h5,7-8,10-15,19-20,22H,3-4,6,9,16-18,21H2,1-2H3,(H,37,38)(H,39,40)/b13-10+. The van der Waals surface area contributed by atoms with Crippen molar-refractivity contribution >= 4 is 35.0 Å². The Morgan fingerprint density at radius 2 is 1.57 bits per heavy atom. The highest BCUT2D eigenvalue weighted by Crippen LogP contribution is 2.28. The van der Waals surface area contributed by atoms with Crippen molar-refractivity contribution in [2.45, 2.75) is 52.5 Å². The Balaban J connectivity index is 1.33. The second-order valence-corrected chi connectivity index (χ2v) is 10.3. The van der Waals surface area contributed by atoms with Gasteiger partial charge < -0.3 is 24.3 Å². The van der Waals surface area contributed by atoms with Crippen LogP contribution in [0, 0.1) is 19.7 Å². The van der Waals surface area contributed by atoms with Crippen molar-refractivity contribution in [2.75, 3.05) is 13.2 Å². The van der Waals surface area contributed by atoms with Gasteiger partial charge in [0.05, 0.1) is 19.6 Å². The van der Waals surface area contributed by atoms with Crippen LogP contribution in [0.15, 0.2) is 60.8 Å². The van der Waals surface area contributed by atoms with Crippen LogP contribution in [0.25, 0.3) is 23.1 Å². The number of hydrogen-bond donors (Lipinski definition) is 2. The summed E-state index contributed by atoms with van der Waals surface area (Å²) in [5.74, 6) is -0.516. The van der Waals surface area contributed by atoms with Crippen LogP contribution in [-0.2, 0) is 22.6 Å². The Hall–Kier alpha value is -4.59. The fourth-order valence-electron chi connectivity index (χ4n) is 5.05. The van der Waals surface area contributed by atoms with Crippen molar-refractivity contribution in [3.63, 3.8) is 0 Å². The number of ether oxygens (including phenoxy) is 2. The lowest BCUT2D eigenvalue weighted by Gasteiger charge is -2.12. The first-order chi connectivity index (χ1) is 20.2. The number of nitrogens with zero attached hydrogens (tertiary/aromatic N) is 1. The summed E-state index contributed by atoms with van der Waals surface area (Å²) in [6.45, 7) is 5.27. The third-order valence-electron chi connectivity index (χ3n) is 6.96. The highest BCUT2D eigenvalue weighted by molar-refractivity contribution is 5.96. The Morgan fingerprint density at radius 1 is 0.881 bits per heavy atom.